The number of hydrogen-bond acceptors (Lipinski definition) is 6. The Kier molecular flexibility index (Phi) is 6.87. The molecule has 0 saturated carbocycles. The number of aliphatic carboxylic acids is 1. The summed E-state index contributed by atoms with van der Waals surface area (Å²) in [5, 5.41) is 13.0. The topological polar surface area (TPSA) is 126 Å². The summed E-state index contributed by atoms with van der Waals surface area (Å²) in [4.78, 5) is 44.7. The molecule has 0 spiro atoms. The van der Waals surface area contributed by atoms with Crippen molar-refractivity contribution in [3.63, 3.8) is 0 Å². The molecule has 0 aliphatic carbocycles. The molecule has 0 radical (unpaired) electrons. The number of ether oxygens (including phenoxy) is 1. The van der Waals surface area contributed by atoms with Crippen LogP contribution in [0.1, 0.15) is 18.9 Å². The first kappa shape index (κ1) is 23.4. The highest BCUT2D eigenvalue weighted by Gasteiger charge is 2.18. The van der Waals surface area contributed by atoms with Gasteiger partial charge in [0.15, 0.2) is 5.16 Å². The van der Waals surface area contributed by atoms with E-state index in [2.05, 4.69) is 15.3 Å². The average Bonchev–Trinajstić information content (AvgIpc) is 3.20. The standard InChI is InChI=1S/C24H24N4O5S/c1-3-14-5-4-6-15(11-14)25-19(29)13-34-24-27-21-17-12-16(33-2)7-8-18(17)26-22(21)23(32)28(24)10-9-20(30)31/h4-8,11-12,26H,3,9-10,13H2,1-2H3,(H,25,29)(H,30,31). The maximum atomic E-state index is 13.2. The monoisotopic (exact) mass is 480 g/mol. The molecule has 0 unspecified atom stereocenters. The van der Waals surface area contributed by atoms with Crippen LogP contribution in [0.5, 0.6) is 5.75 Å². The van der Waals surface area contributed by atoms with Gasteiger partial charge in [-0.2, -0.15) is 0 Å². The normalized spacial score (nSPS) is 11.1. The quantitative estimate of drug-likeness (QED) is 0.247. The summed E-state index contributed by atoms with van der Waals surface area (Å²) in [6, 6.07) is 12.9. The number of nitrogens with one attached hydrogen (secondary N) is 2. The molecular weight excluding hydrogens is 456 g/mol. The van der Waals surface area contributed by atoms with Crippen molar-refractivity contribution >= 4 is 51.3 Å². The Hall–Kier alpha value is -3.79. The number of carbonyl (C=O) groups excluding carboxylic acids is 1. The molecule has 2 aromatic carbocycles. The number of methoxy groups -OCH3 is 1. The molecule has 0 aliphatic rings. The number of benzene rings is 2. The van der Waals surface area contributed by atoms with E-state index in [0.717, 1.165) is 23.7 Å². The summed E-state index contributed by atoms with van der Waals surface area (Å²) >= 11 is 1.09. The van der Waals surface area contributed by atoms with Gasteiger partial charge in [-0.15, -0.1) is 0 Å². The third kappa shape index (κ3) is 4.91. The minimum absolute atomic E-state index is 0.00699. The molecule has 3 N–H and O–H groups in total. The molecule has 9 nitrogen and oxygen atoms in total. The van der Waals surface area contributed by atoms with Gasteiger partial charge in [0.25, 0.3) is 5.56 Å². The van der Waals surface area contributed by atoms with Crippen LogP contribution >= 0.6 is 11.8 Å². The number of aromatic nitrogens is 3. The minimum Gasteiger partial charge on any atom is -0.497 e. The first-order chi connectivity index (χ1) is 16.4. The second-order valence-electron chi connectivity index (χ2n) is 7.65. The lowest BCUT2D eigenvalue weighted by molar-refractivity contribution is -0.137. The number of nitrogens with zero attached hydrogens (tertiary/aromatic N) is 2. The zero-order valence-electron chi connectivity index (χ0n) is 18.8. The van der Waals surface area contributed by atoms with Crippen molar-refractivity contribution < 1.29 is 19.4 Å². The molecule has 4 rings (SSSR count). The Morgan fingerprint density at radius 2 is 2.06 bits per heavy atom. The first-order valence-electron chi connectivity index (χ1n) is 10.7. The number of anilines is 1. The number of aryl methyl sites for hydroxylation is 1. The summed E-state index contributed by atoms with van der Waals surface area (Å²) in [6.45, 7) is 1.98. The van der Waals surface area contributed by atoms with Gasteiger partial charge >= 0.3 is 5.97 Å². The number of carbonyl (C=O) groups is 2. The van der Waals surface area contributed by atoms with Gasteiger partial charge in [0, 0.05) is 23.1 Å². The Morgan fingerprint density at radius 1 is 1.24 bits per heavy atom. The minimum atomic E-state index is -1.03. The van der Waals surface area contributed by atoms with Crippen molar-refractivity contribution in [3.05, 3.63) is 58.4 Å². The fourth-order valence-corrected chi connectivity index (χ4v) is 4.46. The predicted octanol–water partition coefficient (Wildman–Crippen LogP) is 3.65. The number of thioether (sulfide) groups is 1. The largest absolute Gasteiger partial charge is 0.497 e. The number of H-pyrrole nitrogens is 1. The number of carboxylic acids is 1. The molecule has 10 heteroatoms. The molecule has 0 fully saturated rings. The molecule has 34 heavy (non-hydrogen) atoms. The van der Waals surface area contributed by atoms with E-state index < -0.39 is 5.97 Å². The van der Waals surface area contributed by atoms with Gasteiger partial charge in [-0.1, -0.05) is 30.8 Å². The van der Waals surface area contributed by atoms with Crippen LogP contribution < -0.4 is 15.6 Å². The van der Waals surface area contributed by atoms with E-state index in [-0.39, 0.29) is 40.9 Å². The second kappa shape index (κ2) is 10.0. The van der Waals surface area contributed by atoms with Gasteiger partial charge in [0.1, 0.15) is 16.8 Å². The summed E-state index contributed by atoms with van der Waals surface area (Å²) in [5.74, 6) is -0.656. The lowest BCUT2D eigenvalue weighted by atomic mass is 10.1. The molecule has 0 atom stereocenters. The summed E-state index contributed by atoms with van der Waals surface area (Å²) in [7, 11) is 1.55. The Morgan fingerprint density at radius 3 is 2.79 bits per heavy atom. The molecule has 4 aromatic rings. The first-order valence-corrected chi connectivity index (χ1v) is 11.7. The molecule has 0 bridgehead atoms. The smallest absolute Gasteiger partial charge is 0.305 e. The number of amides is 1. The highest BCUT2D eigenvalue weighted by atomic mass is 32.2. The van der Waals surface area contributed by atoms with Crippen LogP contribution in [0.15, 0.2) is 52.4 Å². The van der Waals surface area contributed by atoms with Crippen molar-refractivity contribution in [1.29, 1.82) is 0 Å². The van der Waals surface area contributed by atoms with Crippen LogP contribution in [0.25, 0.3) is 21.9 Å². The van der Waals surface area contributed by atoms with E-state index in [9.17, 15) is 14.4 Å². The van der Waals surface area contributed by atoms with Crippen LogP contribution in [-0.4, -0.2) is 44.4 Å². The number of fused-ring (bicyclic) bond motifs is 3. The Bertz CT molecular complexity index is 1440. The van der Waals surface area contributed by atoms with Crippen molar-refractivity contribution in [3.8, 4) is 5.75 Å². The van der Waals surface area contributed by atoms with Gasteiger partial charge in [0.05, 0.1) is 19.3 Å². The number of aromatic amines is 1. The molecule has 2 heterocycles. The van der Waals surface area contributed by atoms with E-state index >= 15 is 0 Å². The maximum absolute atomic E-state index is 13.2. The van der Waals surface area contributed by atoms with Gasteiger partial charge in [0.2, 0.25) is 5.91 Å². The molecule has 0 saturated heterocycles. The fraction of sp³-hybridized carbons (Fsp3) is 0.250. The van der Waals surface area contributed by atoms with Crippen molar-refractivity contribution in [1.82, 2.24) is 14.5 Å². The third-order valence-electron chi connectivity index (χ3n) is 5.38. The summed E-state index contributed by atoms with van der Waals surface area (Å²) < 4.78 is 6.60. The van der Waals surface area contributed by atoms with E-state index in [4.69, 9.17) is 9.84 Å². The van der Waals surface area contributed by atoms with Crippen molar-refractivity contribution in [2.45, 2.75) is 31.5 Å². The van der Waals surface area contributed by atoms with Gasteiger partial charge in [-0.05, 0) is 42.3 Å². The molecule has 1 amide bonds. The third-order valence-corrected chi connectivity index (χ3v) is 6.35. The van der Waals surface area contributed by atoms with E-state index in [1.54, 1.807) is 25.3 Å². The SMILES string of the molecule is CCc1cccc(NC(=O)CSc2nc3c([nH]c4ccc(OC)cc43)c(=O)n2CCC(=O)O)c1. The average molecular weight is 481 g/mol. The van der Waals surface area contributed by atoms with Crippen molar-refractivity contribution in [2.75, 3.05) is 18.2 Å². The van der Waals surface area contributed by atoms with Crippen LogP contribution in [-0.2, 0) is 22.6 Å². The van der Waals surface area contributed by atoms with Crippen molar-refractivity contribution in [2.24, 2.45) is 0 Å². The number of hydrogen-bond donors (Lipinski definition) is 3. The summed E-state index contributed by atoms with van der Waals surface area (Å²) in [6.07, 6.45) is 0.609. The Balaban J connectivity index is 1.67. The van der Waals surface area contributed by atoms with E-state index in [1.807, 2.05) is 31.2 Å². The maximum Gasteiger partial charge on any atom is 0.305 e. The lowest BCUT2D eigenvalue weighted by Crippen LogP contribution is -2.25. The summed E-state index contributed by atoms with van der Waals surface area (Å²) in [5.41, 5.74) is 2.85. The lowest BCUT2D eigenvalue weighted by Gasteiger charge is -2.11. The molecule has 176 valence electrons. The van der Waals surface area contributed by atoms with Gasteiger partial charge in [-0.3, -0.25) is 19.0 Å². The van der Waals surface area contributed by atoms with E-state index in [1.165, 1.54) is 4.57 Å². The Labute approximate surface area is 199 Å². The zero-order valence-corrected chi connectivity index (χ0v) is 19.6. The highest BCUT2D eigenvalue weighted by Crippen LogP contribution is 2.28. The van der Waals surface area contributed by atoms with Crippen LogP contribution in [0.4, 0.5) is 5.69 Å². The van der Waals surface area contributed by atoms with Crippen LogP contribution in [0.3, 0.4) is 0 Å². The number of rotatable bonds is 9. The zero-order chi connectivity index (χ0) is 24.2. The van der Waals surface area contributed by atoms with Gasteiger partial charge < -0.3 is 20.1 Å². The second-order valence-corrected chi connectivity index (χ2v) is 8.59. The van der Waals surface area contributed by atoms with Crippen LogP contribution in [0, 0.1) is 0 Å². The molecular formula is C24H24N4O5S. The fourth-order valence-electron chi connectivity index (χ4n) is 3.64. The predicted molar refractivity (Wildman–Crippen MR) is 132 cm³/mol. The number of carboxylic acid groups (broad SMARTS) is 1. The molecule has 0 aliphatic heterocycles. The van der Waals surface area contributed by atoms with Crippen LogP contribution in [0.2, 0.25) is 0 Å². The van der Waals surface area contributed by atoms with E-state index in [0.29, 0.717) is 27.9 Å². The molecule has 2 aromatic heterocycles. The van der Waals surface area contributed by atoms with Gasteiger partial charge in [-0.25, -0.2) is 4.98 Å². The highest BCUT2D eigenvalue weighted by molar-refractivity contribution is 7.99.